The van der Waals surface area contributed by atoms with E-state index in [0.717, 1.165) is 29.9 Å². The standard InChI is InChI=1S/C13H13ClN2O2/c14-12-11-10(6-7-15-12)18-16-13(11)17-8-9-4-2-1-3-5-9/h1-5,12,15H,6-8H2. The van der Waals surface area contributed by atoms with Crippen LogP contribution in [0.4, 0.5) is 0 Å². The lowest BCUT2D eigenvalue weighted by molar-refractivity contribution is 0.265. The molecule has 0 saturated heterocycles. The Labute approximate surface area is 110 Å². The average Bonchev–Trinajstić information content (AvgIpc) is 2.82. The number of fused-ring (bicyclic) bond motifs is 1. The zero-order valence-corrected chi connectivity index (χ0v) is 10.5. The fourth-order valence-electron chi connectivity index (χ4n) is 1.99. The Morgan fingerprint density at radius 1 is 1.39 bits per heavy atom. The van der Waals surface area contributed by atoms with Crippen molar-refractivity contribution in [2.24, 2.45) is 0 Å². The van der Waals surface area contributed by atoms with Gasteiger partial charge in [-0.2, -0.15) is 0 Å². The molecule has 1 N–H and O–H groups in total. The molecule has 1 aromatic carbocycles. The van der Waals surface area contributed by atoms with Gasteiger partial charge in [0.15, 0.2) is 0 Å². The fourth-order valence-corrected chi connectivity index (χ4v) is 2.31. The normalized spacial score (nSPS) is 18.4. The predicted octanol–water partition coefficient (Wildman–Crippen LogP) is 2.64. The second kappa shape index (κ2) is 5.00. The van der Waals surface area contributed by atoms with Crippen LogP contribution < -0.4 is 10.1 Å². The van der Waals surface area contributed by atoms with E-state index in [2.05, 4.69) is 10.5 Å². The van der Waals surface area contributed by atoms with Crippen LogP contribution in [0.5, 0.6) is 5.88 Å². The van der Waals surface area contributed by atoms with Gasteiger partial charge in [0.2, 0.25) is 0 Å². The Morgan fingerprint density at radius 2 is 2.22 bits per heavy atom. The van der Waals surface area contributed by atoms with E-state index in [9.17, 15) is 0 Å². The molecule has 18 heavy (non-hydrogen) atoms. The third-order valence-corrected chi connectivity index (χ3v) is 3.29. The molecular weight excluding hydrogens is 252 g/mol. The minimum Gasteiger partial charge on any atom is -0.470 e. The number of ether oxygens (including phenoxy) is 1. The number of alkyl halides is 1. The molecule has 1 atom stereocenters. The summed E-state index contributed by atoms with van der Waals surface area (Å²) in [5, 5.41) is 7.09. The Hall–Kier alpha value is -1.52. The number of hydrogen-bond donors (Lipinski definition) is 1. The van der Waals surface area contributed by atoms with Gasteiger partial charge >= 0.3 is 0 Å². The summed E-state index contributed by atoms with van der Waals surface area (Å²) in [6.07, 6.45) is 0.792. The summed E-state index contributed by atoms with van der Waals surface area (Å²) < 4.78 is 10.9. The lowest BCUT2D eigenvalue weighted by Gasteiger charge is -2.17. The van der Waals surface area contributed by atoms with Crippen LogP contribution in [0.2, 0.25) is 0 Å². The molecule has 1 aromatic heterocycles. The molecule has 0 radical (unpaired) electrons. The van der Waals surface area contributed by atoms with Crippen molar-refractivity contribution >= 4 is 11.6 Å². The molecule has 2 heterocycles. The van der Waals surface area contributed by atoms with Crippen LogP contribution in [0.3, 0.4) is 0 Å². The van der Waals surface area contributed by atoms with E-state index in [1.54, 1.807) is 0 Å². The quantitative estimate of drug-likeness (QED) is 0.684. The zero-order chi connectivity index (χ0) is 12.4. The lowest BCUT2D eigenvalue weighted by atomic mass is 10.1. The minimum absolute atomic E-state index is 0.286. The van der Waals surface area contributed by atoms with Crippen LogP contribution >= 0.6 is 11.6 Å². The lowest BCUT2D eigenvalue weighted by Crippen LogP contribution is -2.25. The molecule has 0 fully saturated rings. The van der Waals surface area contributed by atoms with E-state index < -0.39 is 0 Å². The summed E-state index contributed by atoms with van der Waals surface area (Å²) in [7, 11) is 0. The highest BCUT2D eigenvalue weighted by molar-refractivity contribution is 6.20. The van der Waals surface area contributed by atoms with Gasteiger partial charge in [-0.25, -0.2) is 0 Å². The van der Waals surface area contributed by atoms with E-state index in [0.29, 0.717) is 12.5 Å². The summed E-state index contributed by atoms with van der Waals surface area (Å²) in [4.78, 5) is 0. The van der Waals surface area contributed by atoms with E-state index in [1.807, 2.05) is 30.3 Å². The summed E-state index contributed by atoms with van der Waals surface area (Å²) in [6, 6.07) is 9.93. The SMILES string of the molecule is ClC1NCCc2onc(OCc3ccccc3)c21. The van der Waals surface area contributed by atoms with Crippen molar-refractivity contribution in [1.29, 1.82) is 0 Å². The number of nitrogens with one attached hydrogen (secondary N) is 1. The maximum absolute atomic E-state index is 6.18. The first kappa shape index (κ1) is 11.6. The maximum Gasteiger partial charge on any atom is 0.260 e. The van der Waals surface area contributed by atoms with E-state index in [-0.39, 0.29) is 5.50 Å². The van der Waals surface area contributed by atoms with Crippen molar-refractivity contribution in [1.82, 2.24) is 10.5 Å². The van der Waals surface area contributed by atoms with Gasteiger partial charge in [-0.1, -0.05) is 30.3 Å². The van der Waals surface area contributed by atoms with Crippen LogP contribution in [-0.2, 0) is 13.0 Å². The molecule has 0 bridgehead atoms. The molecule has 3 rings (SSSR count). The third kappa shape index (κ3) is 2.21. The number of halogens is 1. The number of benzene rings is 1. The highest BCUT2D eigenvalue weighted by atomic mass is 35.5. The topological polar surface area (TPSA) is 47.3 Å². The van der Waals surface area contributed by atoms with Crippen molar-refractivity contribution in [3.63, 3.8) is 0 Å². The van der Waals surface area contributed by atoms with E-state index in [4.69, 9.17) is 20.9 Å². The van der Waals surface area contributed by atoms with Crippen LogP contribution in [0, 0.1) is 0 Å². The fraction of sp³-hybridized carbons (Fsp3) is 0.308. The smallest absolute Gasteiger partial charge is 0.260 e. The van der Waals surface area contributed by atoms with Gasteiger partial charge < -0.3 is 9.26 Å². The number of rotatable bonds is 3. The second-order valence-electron chi connectivity index (χ2n) is 4.17. The van der Waals surface area contributed by atoms with Crippen LogP contribution in [0.25, 0.3) is 0 Å². The highest BCUT2D eigenvalue weighted by Crippen LogP contribution is 2.33. The summed E-state index contributed by atoms with van der Waals surface area (Å²) in [5.41, 5.74) is 1.63. The monoisotopic (exact) mass is 264 g/mol. The Morgan fingerprint density at radius 3 is 3.06 bits per heavy atom. The molecule has 2 aromatic rings. The minimum atomic E-state index is -0.286. The molecule has 0 amide bonds. The van der Waals surface area contributed by atoms with Gasteiger partial charge in [0, 0.05) is 13.0 Å². The Balaban J connectivity index is 1.76. The van der Waals surface area contributed by atoms with E-state index >= 15 is 0 Å². The molecule has 4 nitrogen and oxygen atoms in total. The van der Waals surface area contributed by atoms with Crippen molar-refractivity contribution in [3.8, 4) is 5.88 Å². The first-order chi connectivity index (χ1) is 8.84. The summed E-state index contributed by atoms with van der Waals surface area (Å²) >= 11 is 6.18. The highest BCUT2D eigenvalue weighted by Gasteiger charge is 2.27. The number of nitrogens with zero attached hydrogens (tertiary/aromatic N) is 1. The molecule has 0 spiro atoms. The first-order valence-electron chi connectivity index (χ1n) is 5.87. The largest absolute Gasteiger partial charge is 0.470 e. The van der Waals surface area contributed by atoms with Gasteiger partial charge in [-0.15, -0.1) is 11.6 Å². The molecule has 1 aliphatic heterocycles. The van der Waals surface area contributed by atoms with Gasteiger partial charge in [-0.3, -0.25) is 5.32 Å². The van der Waals surface area contributed by atoms with Gasteiger partial charge in [0.05, 0.1) is 5.56 Å². The zero-order valence-electron chi connectivity index (χ0n) is 9.73. The number of hydrogen-bond acceptors (Lipinski definition) is 4. The molecule has 1 unspecified atom stereocenters. The predicted molar refractivity (Wildman–Crippen MR) is 67.6 cm³/mol. The van der Waals surface area contributed by atoms with Crippen LogP contribution in [0.1, 0.15) is 22.4 Å². The van der Waals surface area contributed by atoms with Crippen molar-refractivity contribution in [2.75, 3.05) is 6.54 Å². The van der Waals surface area contributed by atoms with E-state index in [1.165, 1.54) is 0 Å². The summed E-state index contributed by atoms with van der Waals surface area (Å²) in [6.45, 7) is 1.26. The second-order valence-corrected chi connectivity index (χ2v) is 4.60. The van der Waals surface area contributed by atoms with Crippen molar-refractivity contribution in [2.45, 2.75) is 18.5 Å². The molecule has 1 aliphatic rings. The molecular formula is C13H13ClN2O2. The Kier molecular flexibility index (Phi) is 3.21. The van der Waals surface area contributed by atoms with Gasteiger partial charge in [0.25, 0.3) is 5.88 Å². The van der Waals surface area contributed by atoms with Crippen molar-refractivity contribution in [3.05, 3.63) is 47.2 Å². The van der Waals surface area contributed by atoms with Crippen molar-refractivity contribution < 1.29 is 9.26 Å². The molecule has 0 saturated carbocycles. The first-order valence-corrected chi connectivity index (χ1v) is 6.31. The van der Waals surface area contributed by atoms with Gasteiger partial charge in [-0.05, 0) is 10.7 Å². The van der Waals surface area contributed by atoms with Crippen LogP contribution in [-0.4, -0.2) is 11.7 Å². The van der Waals surface area contributed by atoms with Gasteiger partial charge in [0.1, 0.15) is 17.9 Å². The maximum atomic E-state index is 6.18. The van der Waals surface area contributed by atoms with Crippen LogP contribution in [0.15, 0.2) is 34.9 Å². The molecule has 0 aliphatic carbocycles. The third-order valence-electron chi connectivity index (χ3n) is 2.92. The Bertz CT molecular complexity index is 527. The average molecular weight is 265 g/mol. The number of aromatic nitrogens is 1. The summed E-state index contributed by atoms with van der Waals surface area (Å²) in [5.74, 6) is 1.30. The molecule has 94 valence electrons. The molecule has 5 heteroatoms.